The molecule has 0 saturated carbocycles. The molecule has 7 nitrogen and oxygen atoms in total. The van der Waals surface area contributed by atoms with Crippen molar-refractivity contribution in [2.24, 2.45) is 0 Å². The molecule has 0 spiro atoms. The molecule has 0 fully saturated rings. The van der Waals surface area contributed by atoms with E-state index in [0.29, 0.717) is 22.3 Å². The number of imidazole rings is 1. The van der Waals surface area contributed by atoms with Gasteiger partial charge in [-0.1, -0.05) is 11.6 Å². The first-order valence-corrected chi connectivity index (χ1v) is 7.02. The monoisotopic (exact) mass is 329 g/mol. The van der Waals surface area contributed by atoms with E-state index in [1.54, 1.807) is 53.6 Å². The van der Waals surface area contributed by atoms with Crippen molar-refractivity contribution >= 4 is 23.2 Å². The zero-order valence-electron chi connectivity index (χ0n) is 12.1. The molecule has 23 heavy (non-hydrogen) atoms. The van der Waals surface area contributed by atoms with Crippen LogP contribution in [-0.4, -0.2) is 32.8 Å². The van der Waals surface area contributed by atoms with Gasteiger partial charge in [0.05, 0.1) is 12.1 Å². The summed E-state index contributed by atoms with van der Waals surface area (Å²) in [5.41, 5.74) is 0.738. The Hall–Kier alpha value is -2.93. The number of nitrogens with one attached hydrogen (secondary N) is 1. The lowest BCUT2D eigenvalue weighted by Crippen LogP contribution is -2.15. The maximum absolute atomic E-state index is 12.2. The average Bonchev–Trinajstić information content (AvgIpc) is 3.09. The number of hydrogen-bond acceptors (Lipinski definition) is 5. The van der Waals surface area contributed by atoms with Gasteiger partial charge in [-0.25, -0.2) is 4.98 Å². The summed E-state index contributed by atoms with van der Waals surface area (Å²) in [6, 6.07) is 8.24. The number of carbonyl (C=O) groups is 1. The predicted molar refractivity (Wildman–Crippen MR) is 85.1 cm³/mol. The van der Waals surface area contributed by atoms with Gasteiger partial charge in [0.2, 0.25) is 0 Å². The molecule has 1 amide bonds. The zero-order chi connectivity index (χ0) is 16.2. The number of rotatable bonds is 4. The van der Waals surface area contributed by atoms with Crippen molar-refractivity contribution in [1.82, 2.24) is 19.7 Å². The molecule has 116 valence electrons. The molecule has 0 bridgehead atoms. The molecule has 8 heteroatoms. The van der Waals surface area contributed by atoms with Gasteiger partial charge >= 0.3 is 0 Å². The highest BCUT2D eigenvalue weighted by atomic mass is 35.5. The molecule has 0 aliphatic rings. The number of ether oxygens (including phenoxy) is 1. The van der Waals surface area contributed by atoms with Crippen LogP contribution in [0.1, 0.15) is 10.5 Å². The lowest BCUT2D eigenvalue weighted by atomic mass is 10.3. The van der Waals surface area contributed by atoms with Gasteiger partial charge in [-0.3, -0.25) is 9.36 Å². The Morgan fingerprint density at radius 3 is 2.74 bits per heavy atom. The van der Waals surface area contributed by atoms with E-state index in [1.807, 2.05) is 0 Å². The first-order valence-electron chi connectivity index (χ1n) is 6.64. The normalized spacial score (nSPS) is 10.3. The highest BCUT2D eigenvalue weighted by Crippen LogP contribution is 2.27. The van der Waals surface area contributed by atoms with Crippen LogP contribution in [0.3, 0.4) is 0 Å². The maximum Gasteiger partial charge on any atom is 0.276 e. The maximum atomic E-state index is 12.2. The first kappa shape index (κ1) is 15.0. The summed E-state index contributed by atoms with van der Waals surface area (Å²) >= 11 is 6.02. The minimum absolute atomic E-state index is 0.195. The Labute approximate surface area is 136 Å². The average molecular weight is 330 g/mol. The van der Waals surface area contributed by atoms with Crippen molar-refractivity contribution < 1.29 is 9.53 Å². The minimum Gasteiger partial charge on any atom is -0.495 e. The van der Waals surface area contributed by atoms with Crippen molar-refractivity contribution in [2.45, 2.75) is 0 Å². The van der Waals surface area contributed by atoms with Crippen molar-refractivity contribution in [1.29, 1.82) is 0 Å². The smallest absolute Gasteiger partial charge is 0.276 e. The SMILES string of the molecule is COc1ccc(NC(=O)c2ccc(-n3ccnc3)nn2)cc1Cl. The van der Waals surface area contributed by atoms with E-state index in [2.05, 4.69) is 20.5 Å². The van der Waals surface area contributed by atoms with Gasteiger partial charge in [0.15, 0.2) is 11.5 Å². The van der Waals surface area contributed by atoms with Gasteiger partial charge in [0, 0.05) is 18.1 Å². The van der Waals surface area contributed by atoms with Gasteiger partial charge in [-0.15, -0.1) is 10.2 Å². The van der Waals surface area contributed by atoms with Crippen LogP contribution in [-0.2, 0) is 0 Å². The number of methoxy groups -OCH3 is 1. The molecule has 2 aromatic heterocycles. The fourth-order valence-corrected chi connectivity index (χ4v) is 2.18. The lowest BCUT2D eigenvalue weighted by Gasteiger charge is -2.08. The first-order chi connectivity index (χ1) is 11.2. The van der Waals surface area contributed by atoms with Crippen molar-refractivity contribution in [3.63, 3.8) is 0 Å². The van der Waals surface area contributed by atoms with Gasteiger partial charge in [0.1, 0.15) is 12.1 Å². The third-order valence-corrected chi connectivity index (χ3v) is 3.36. The van der Waals surface area contributed by atoms with Crippen LogP contribution >= 0.6 is 11.6 Å². The molecule has 0 saturated heterocycles. The number of amides is 1. The number of hydrogen-bond donors (Lipinski definition) is 1. The molecule has 2 heterocycles. The largest absolute Gasteiger partial charge is 0.495 e. The number of aromatic nitrogens is 4. The molecule has 0 atom stereocenters. The van der Waals surface area contributed by atoms with E-state index in [0.717, 1.165) is 0 Å². The molecule has 0 aliphatic heterocycles. The molecular weight excluding hydrogens is 318 g/mol. The fraction of sp³-hybridized carbons (Fsp3) is 0.0667. The Morgan fingerprint density at radius 2 is 2.13 bits per heavy atom. The Kier molecular flexibility index (Phi) is 4.20. The zero-order valence-corrected chi connectivity index (χ0v) is 12.9. The molecule has 0 radical (unpaired) electrons. The predicted octanol–water partition coefficient (Wildman–Crippen LogP) is 2.58. The second-order valence-corrected chi connectivity index (χ2v) is 4.96. The summed E-state index contributed by atoms with van der Waals surface area (Å²) in [6.45, 7) is 0. The van der Waals surface area contributed by atoms with Crippen LogP contribution in [0.25, 0.3) is 5.82 Å². The third kappa shape index (κ3) is 3.29. The van der Waals surface area contributed by atoms with E-state index in [4.69, 9.17) is 16.3 Å². The third-order valence-electron chi connectivity index (χ3n) is 3.06. The minimum atomic E-state index is -0.379. The van der Waals surface area contributed by atoms with Crippen molar-refractivity contribution in [3.05, 3.63) is 59.8 Å². The summed E-state index contributed by atoms with van der Waals surface area (Å²) < 4.78 is 6.76. The highest BCUT2D eigenvalue weighted by molar-refractivity contribution is 6.32. The van der Waals surface area contributed by atoms with Crippen LogP contribution < -0.4 is 10.1 Å². The number of halogens is 1. The van der Waals surface area contributed by atoms with Crippen LogP contribution in [0.4, 0.5) is 5.69 Å². The molecular formula is C15H12ClN5O2. The fourth-order valence-electron chi connectivity index (χ4n) is 1.92. The topological polar surface area (TPSA) is 81.9 Å². The lowest BCUT2D eigenvalue weighted by molar-refractivity contribution is 0.102. The summed E-state index contributed by atoms with van der Waals surface area (Å²) in [4.78, 5) is 16.1. The highest BCUT2D eigenvalue weighted by Gasteiger charge is 2.10. The molecule has 0 unspecified atom stereocenters. The van der Waals surface area contributed by atoms with Crippen molar-refractivity contribution in [3.8, 4) is 11.6 Å². The summed E-state index contributed by atoms with van der Waals surface area (Å²) in [5, 5.41) is 11.0. The molecule has 3 rings (SSSR count). The Morgan fingerprint density at radius 1 is 1.26 bits per heavy atom. The standard InChI is InChI=1S/C15H12ClN5O2/c1-23-13-4-2-10(8-11(13)16)18-15(22)12-3-5-14(20-19-12)21-7-6-17-9-21/h2-9H,1H3,(H,18,22). The summed E-state index contributed by atoms with van der Waals surface area (Å²) in [7, 11) is 1.52. The van der Waals surface area contributed by atoms with E-state index < -0.39 is 0 Å². The molecule has 1 N–H and O–H groups in total. The van der Waals surface area contributed by atoms with Crippen LogP contribution in [0.15, 0.2) is 49.1 Å². The second-order valence-electron chi connectivity index (χ2n) is 4.55. The van der Waals surface area contributed by atoms with Gasteiger partial charge in [0.25, 0.3) is 5.91 Å². The number of anilines is 1. The quantitative estimate of drug-likeness (QED) is 0.795. The van der Waals surface area contributed by atoms with Crippen LogP contribution in [0.5, 0.6) is 5.75 Å². The van der Waals surface area contributed by atoms with E-state index in [9.17, 15) is 4.79 Å². The Balaban J connectivity index is 1.74. The van der Waals surface area contributed by atoms with Gasteiger partial charge in [-0.05, 0) is 30.3 Å². The van der Waals surface area contributed by atoms with E-state index >= 15 is 0 Å². The number of carbonyl (C=O) groups excluding carboxylic acids is 1. The van der Waals surface area contributed by atoms with E-state index in [1.165, 1.54) is 7.11 Å². The van der Waals surface area contributed by atoms with Gasteiger partial charge < -0.3 is 10.1 Å². The van der Waals surface area contributed by atoms with Crippen molar-refractivity contribution in [2.75, 3.05) is 12.4 Å². The number of benzene rings is 1. The summed E-state index contributed by atoms with van der Waals surface area (Å²) in [6.07, 6.45) is 4.97. The van der Waals surface area contributed by atoms with E-state index in [-0.39, 0.29) is 11.6 Å². The summed E-state index contributed by atoms with van der Waals surface area (Å²) in [5.74, 6) is 0.733. The Bertz CT molecular complexity index is 818. The molecule has 1 aromatic carbocycles. The van der Waals surface area contributed by atoms with Gasteiger partial charge in [-0.2, -0.15) is 0 Å². The number of nitrogens with zero attached hydrogens (tertiary/aromatic N) is 4. The van der Waals surface area contributed by atoms with Crippen LogP contribution in [0.2, 0.25) is 5.02 Å². The van der Waals surface area contributed by atoms with Crippen LogP contribution in [0, 0.1) is 0 Å². The molecule has 0 aliphatic carbocycles. The molecule has 3 aromatic rings. The second kappa shape index (κ2) is 6.45.